The van der Waals surface area contributed by atoms with E-state index in [9.17, 15) is 0 Å². The Hall–Kier alpha value is -1.52. The molecule has 3 nitrogen and oxygen atoms in total. The van der Waals surface area contributed by atoms with E-state index >= 15 is 0 Å². The van der Waals surface area contributed by atoms with E-state index < -0.39 is 0 Å². The molecule has 2 aromatic rings. The molecule has 0 heterocycles. The lowest BCUT2D eigenvalue weighted by atomic mass is 10.0. The smallest absolute Gasteiger partial charge is 0.124 e. The van der Waals surface area contributed by atoms with Crippen molar-refractivity contribution in [1.82, 2.24) is 0 Å². The van der Waals surface area contributed by atoms with Gasteiger partial charge in [-0.3, -0.25) is 0 Å². The Balaban J connectivity index is 1.86. The van der Waals surface area contributed by atoms with Gasteiger partial charge in [-0.15, -0.1) is 0 Å². The fourth-order valence-corrected chi connectivity index (χ4v) is 2.38. The fraction of sp³-hybridized carbons (Fsp3) is 0.294. The summed E-state index contributed by atoms with van der Waals surface area (Å²) in [5, 5.41) is 0. The van der Waals surface area contributed by atoms with E-state index in [2.05, 4.69) is 22.9 Å². The predicted octanol–water partition coefficient (Wildman–Crippen LogP) is 4.32. The average molecular weight is 350 g/mol. The molecular weight excluding hydrogens is 330 g/mol. The third kappa shape index (κ3) is 4.76. The first-order chi connectivity index (χ1) is 10.2. The van der Waals surface area contributed by atoms with Crippen LogP contribution in [0.3, 0.4) is 0 Å². The SMILES string of the molecule is CCC(N)c1ccccc1OCCOc1cccc(Br)c1. The summed E-state index contributed by atoms with van der Waals surface area (Å²) in [6.07, 6.45) is 0.884. The predicted molar refractivity (Wildman–Crippen MR) is 88.8 cm³/mol. The van der Waals surface area contributed by atoms with Gasteiger partial charge in [-0.2, -0.15) is 0 Å². The van der Waals surface area contributed by atoms with Gasteiger partial charge in [0.05, 0.1) is 0 Å². The van der Waals surface area contributed by atoms with Gasteiger partial charge in [0.2, 0.25) is 0 Å². The van der Waals surface area contributed by atoms with Gasteiger partial charge in [0.1, 0.15) is 24.7 Å². The number of halogens is 1. The third-order valence-electron chi connectivity index (χ3n) is 3.16. The van der Waals surface area contributed by atoms with Gasteiger partial charge >= 0.3 is 0 Å². The zero-order valence-electron chi connectivity index (χ0n) is 12.1. The second kappa shape index (κ2) is 8.05. The normalized spacial score (nSPS) is 12.0. The Morgan fingerprint density at radius 2 is 1.81 bits per heavy atom. The molecule has 4 heteroatoms. The summed E-state index contributed by atoms with van der Waals surface area (Å²) in [6, 6.07) is 15.7. The monoisotopic (exact) mass is 349 g/mol. The highest BCUT2D eigenvalue weighted by Gasteiger charge is 2.09. The second-order valence-electron chi connectivity index (χ2n) is 4.71. The molecule has 0 amide bonds. The van der Waals surface area contributed by atoms with Crippen LogP contribution in [0.1, 0.15) is 24.9 Å². The highest BCUT2D eigenvalue weighted by atomic mass is 79.9. The maximum absolute atomic E-state index is 6.09. The molecule has 0 aliphatic rings. The molecular formula is C17H20BrNO2. The standard InChI is InChI=1S/C17H20BrNO2/c1-2-16(19)15-8-3-4-9-17(15)21-11-10-20-14-7-5-6-13(18)12-14/h3-9,12,16H,2,10-11,19H2,1H3. The zero-order valence-corrected chi connectivity index (χ0v) is 13.7. The largest absolute Gasteiger partial charge is 0.490 e. The molecule has 0 saturated carbocycles. The Labute approximate surface area is 134 Å². The zero-order chi connectivity index (χ0) is 15.1. The molecule has 0 bridgehead atoms. The van der Waals surface area contributed by atoms with Gasteiger partial charge in [-0.25, -0.2) is 0 Å². The van der Waals surface area contributed by atoms with Gasteiger partial charge in [-0.05, 0) is 30.7 Å². The molecule has 0 aliphatic carbocycles. The highest BCUT2D eigenvalue weighted by Crippen LogP contribution is 2.25. The molecule has 0 fully saturated rings. The van der Waals surface area contributed by atoms with Crippen LogP contribution in [0.4, 0.5) is 0 Å². The van der Waals surface area contributed by atoms with E-state index in [1.165, 1.54) is 0 Å². The van der Waals surface area contributed by atoms with E-state index in [0.29, 0.717) is 13.2 Å². The third-order valence-corrected chi connectivity index (χ3v) is 3.66. The van der Waals surface area contributed by atoms with Crippen molar-refractivity contribution in [3.05, 3.63) is 58.6 Å². The quantitative estimate of drug-likeness (QED) is 0.757. The molecule has 2 aromatic carbocycles. The average Bonchev–Trinajstić information content (AvgIpc) is 2.51. The summed E-state index contributed by atoms with van der Waals surface area (Å²) in [7, 11) is 0. The highest BCUT2D eigenvalue weighted by molar-refractivity contribution is 9.10. The molecule has 0 radical (unpaired) electrons. The van der Waals surface area contributed by atoms with Crippen molar-refractivity contribution in [2.24, 2.45) is 5.73 Å². The van der Waals surface area contributed by atoms with E-state index in [1.54, 1.807) is 0 Å². The van der Waals surface area contributed by atoms with E-state index in [0.717, 1.165) is 28.0 Å². The van der Waals surface area contributed by atoms with Crippen LogP contribution in [0.25, 0.3) is 0 Å². The first-order valence-corrected chi connectivity index (χ1v) is 7.85. The van der Waals surface area contributed by atoms with Crippen molar-refractivity contribution >= 4 is 15.9 Å². The Morgan fingerprint density at radius 3 is 2.57 bits per heavy atom. The molecule has 2 N–H and O–H groups in total. The molecule has 21 heavy (non-hydrogen) atoms. The van der Waals surface area contributed by atoms with Crippen LogP contribution >= 0.6 is 15.9 Å². The van der Waals surface area contributed by atoms with E-state index in [-0.39, 0.29) is 6.04 Å². The molecule has 1 unspecified atom stereocenters. The van der Waals surface area contributed by atoms with Crippen molar-refractivity contribution in [1.29, 1.82) is 0 Å². The van der Waals surface area contributed by atoms with Gasteiger partial charge in [0, 0.05) is 16.1 Å². The minimum Gasteiger partial charge on any atom is -0.490 e. The molecule has 0 aliphatic heterocycles. The van der Waals surface area contributed by atoms with Crippen LogP contribution in [0.5, 0.6) is 11.5 Å². The first-order valence-electron chi connectivity index (χ1n) is 7.06. The molecule has 0 aromatic heterocycles. The number of nitrogens with two attached hydrogens (primary N) is 1. The summed E-state index contributed by atoms with van der Waals surface area (Å²) < 4.78 is 12.4. The number of ether oxygens (including phenoxy) is 2. The molecule has 0 spiro atoms. The summed E-state index contributed by atoms with van der Waals surface area (Å²) >= 11 is 3.42. The summed E-state index contributed by atoms with van der Waals surface area (Å²) in [6.45, 7) is 3.05. The topological polar surface area (TPSA) is 44.5 Å². The molecule has 1 atom stereocenters. The van der Waals surface area contributed by atoms with E-state index in [1.807, 2.05) is 48.5 Å². The Kier molecular flexibility index (Phi) is 6.08. The molecule has 112 valence electrons. The van der Waals surface area contributed by atoms with Crippen molar-refractivity contribution in [2.45, 2.75) is 19.4 Å². The number of benzene rings is 2. The van der Waals surface area contributed by atoms with Crippen molar-refractivity contribution in [3.8, 4) is 11.5 Å². The van der Waals surface area contributed by atoms with Crippen molar-refractivity contribution in [3.63, 3.8) is 0 Å². The van der Waals surface area contributed by atoms with Crippen LogP contribution in [-0.4, -0.2) is 13.2 Å². The maximum Gasteiger partial charge on any atom is 0.124 e. The van der Waals surface area contributed by atoms with Crippen molar-refractivity contribution < 1.29 is 9.47 Å². The lowest BCUT2D eigenvalue weighted by molar-refractivity contribution is 0.215. The minimum absolute atomic E-state index is 0.00666. The van der Waals surface area contributed by atoms with Crippen LogP contribution in [-0.2, 0) is 0 Å². The summed E-state index contributed by atoms with van der Waals surface area (Å²) in [4.78, 5) is 0. The lowest BCUT2D eigenvalue weighted by Crippen LogP contribution is -2.13. The summed E-state index contributed by atoms with van der Waals surface area (Å²) in [5.41, 5.74) is 7.13. The van der Waals surface area contributed by atoms with Crippen LogP contribution < -0.4 is 15.2 Å². The fourth-order valence-electron chi connectivity index (χ4n) is 2.01. The first kappa shape index (κ1) is 15.9. The number of hydrogen-bond donors (Lipinski definition) is 1. The van der Waals surface area contributed by atoms with E-state index in [4.69, 9.17) is 15.2 Å². The van der Waals surface area contributed by atoms with Crippen LogP contribution in [0.2, 0.25) is 0 Å². The Bertz CT molecular complexity index is 574. The number of rotatable bonds is 7. The Morgan fingerprint density at radius 1 is 1.05 bits per heavy atom. The summed E-state index contributed by atoms with van der Waals surface area (Å²) in [5.74, 6) is 1.66. The van der Waals surface area contributed by atoms with Crippen molar-refractivity contribution in [2.75, 3.05) is 13.2 Å². The van der Waals surface area contributed by atoms with Gasteiger partial charge < -0.3 is 15.2 Å². The number of para-hydroxylation sites is 1. The van der Waals surface area contributed by atoms with Gasteiger partial charge in [-0.1, -0.05) is 47.1 Å². The van der Waals surface area contributed by atoms with Crippen LogP contribution in [0, 0.1) is 0 Å². The minimum atomic E-state index is 0.00666. The molecule has 0 saturated heterocycles. The van der Waals surface area contributed by atoms with Gasteiger partial charge in [0.25, 0.3) is 0 Å². The number of hydrogen-bond acceptors (Lipinski definition) is 3. The van der Waals surface area contributed by atoms with Gasteiger partial charge in [0.15, 0.2) is 0 Å². The maximum atomic E-state index is 6.09. The lowest BCUT2D eigenvalue weighted by Gasteiger charge is -2.15. The molecule has 2 rings (SSSR count). The van der Waals surface area contributed by atoms with Crippen LogP contribution in [0.15, 0.2) is 53.0 Å². The second-order valence-corrected chi connectivity index (χ2v) is 5.62.